The number of hydrogen-bond acceptors (Lipinski definition) is 4. The predicted molar refractivity (Wildman–Crippen MR) is 93.6 cm³/mol. The molecular weight excluding hydrogens is 342 g/mol. The molecule has 1 N–H and O–H groups in total. The molecule has 1 amide bonds. The quantitative estimate of drug-likeness (QED) is 0.731. The van der Waals surface area contributed by atoms with Gasteiger partial charge in [0.15, 0.2) is 5.76 Å². The number of aromatic nitrogens is 2. The predicted octanol–water partition coefficient (Wildman–Crippen LogP) is 3.48. The lowest BCUT2D eigenvalue weighted by Gasteiger charge is -2.09. The number of furan rings is 1. The fourth-order valence-electron chi connectivity index (χ4n) is 2.35. The fraction of sp³-hybridized carbons (Fsp3) is 0.222. The SMILES string of the molecule is Cc1cccc(Cl)c1OCc1ccc(C(=O)NCc2cnn(C)c2)o1. The maximum absolute atomic E-state index is 12.1. The van der Waals surface area contributed by atoms with E-state index in [1.54, 1.807) is 29.1 Å². The molecule has 0 aliphatic rings. The summed E-state index contributed by atoms with van der Waals surface area (Å²) in [5.41, 5.74) is 1.86. The van der Waals surface area contributed by atoms with Gasteiger partial charge in [-0.05, 0) is 30.7 Å². The number of aryl methyl sites for hydroxylation is 2. The molecule has 6 nitrogen and oxygen atoms in total. The molecule has 3 rings (SSSR count). The average molecular weight is 360 g/mol. The van der Waals surface area contributed by atoms with Gasteiger partial charge in [0.25, 0.3) is 5.91 Å². The monoisotopic (exact) mass is 359 g/mol. The van der Waals surface area contributed by atoms with Crippen LogP contribution in [-0.4, -0.2) is 15.7 Å². The van der Waals surface area contributed by atoms with Crippen LogP contribution in [0.3, 0.4) is 0 Å². The summed E-state index contributed by atoms with van der Waals surface area (Å²) >= 11 is 6.13. The third kappa shape index (κ3) is 4.22. The largest absolute Gasteiger partial charge is 0.484 e. The van der Waals surface area contributed by atoms with Crippen LogP contribution in [0.5, 0.6) is 5.75 Å². The molecule has 3 aromatic rings. The van der Waals surface area contributed by atoms with E-state index in [9.17, 15) is 4.79 Å². The third-order valence-corrected chi connectivity index (χ3v) is 3.92. The zero-order chi connectivity index (χ0) is 17.8. The topological polar surface area (TPSA) is 69.3 Å². The lowest BCUT2D eigenvalue weighted by atomic mass is 10.2. The molecule has 0 saturated carbocycles. The Morgan fingerprint density at radius 3 is 2.92 bits per heavy atom. The zero-order valence-corrected chi connectivity index (χ0v) is 14.7. The first-order valence-corrected chi connectivity index (χ1v) is 8.13. The van der Waals surface area contributed by atoms with Gasteiger partial charge in [0.2, 0.25) is 0 Å². The maximum Gasteiger partial charge on any atom is 0.287 e. The first kappa shape index (κ1) is 17.1. The molecular formula is C18H18ClN3O3. The van der Waals surface area contributed by atoms with E-state index in [0.717, 1.165) is 11.1 Å². The van der Waals surface area contributed by atoms with Gasteiger partial charge in [0, 0.05) is 25.4 Å². The smallest absolute Gasteiger partial charge is 0.287 e. The van der Waals surface area contributed by atoms with Crippen molar-refractivity contribution in [1.29, 1.82) is 0 Å². The van der Waals surface area contributed by atoms with Crippen molar-refractivity contribution in [2.75, 3.05) is 0 Å². The summed E-state index contributed by atoms with van der Waals surface area (Å²) in [4.78, 5) is 12.1. The van der Waals surface area contributed by atoms with E-state index < -0.39 is 0 Å². The van der Waals surface area contributed by atoms with Crippen molar-refractivity contribution in [1.82, 2.24) is 15.1 Å². The molecule has 0 bridgehead atoms. The van der Waals surface area contributed by atoms with Crippen LogP contribution in [0.4, 0.5) is 0 Å². The highest BCUT2D eigenvalue weighted by Crippen LogP contribution is 2.28. The second-order valence-electron chi connectivity index (χ2n) is 5.65. The van der Waals surface area contributed by atoms with Crippen molar-refractivity contribution in [3.63, 3.8) is 0 Å². The summed E-state index contributed by atoms with van der Waals surface area (Å²) in [7, 11) is 1.82. The summed E-state index contributed by atoms with van der Waals surface area (Å²) in [6.07, 6.45) is 3.54. The Morgan fingerprint density at radius 1 is 1.36 bits per heavy atom. The van der Waals surface area contributed by atoms with Crippen molar-refractivity contribution >= 4 is 17.5 Å². The minimum absolute atomic E-state index is 0.195. The standard InChI is InChI=1S/C18H18ClN3O3/c1-12-4-3-5-15(19)17(12)24-11-14-6-7-16(25-14)18(23)20-8-13-9-21-22(2)10-13/h3-7,9-10H,8,11H2,1-2H3,(H,20,23). The van der Waals surface area contributed by atoms with Crippen LogP contribution in [0.25, 0.3) is 0 Å². The highest BCUT2D eigenvalue weighted by molar-refractivity contribution is 6.32. The summed E-state index contributed by atoms with van der Waals surface area (Å²) in [6, 6.07) is 8.88. The number of nitrogens with zero attached hydrogens (tertiary/aromatic N) is 2. The molecule has 0 unspecified atom stereocenters. The number of para-hydroxylation sites is 1. The van der Waals surface area contributed by atoms with Gasteiger partial charge in [-0.3, -0.25) is 9.48 Å². The lowest BCUT2D eigenvalue weighted by Crippen LogP contribution is -2.22. The number of benzene rings is 1. The molecule has 1 aromatic carbocycles. The summed E-state index contributed by atoms with van der Waals surface area (Å²) in [5, 5.41) is 7.38. The van der Waals surface area contributed by atoms with Crippen molar-refractivity contribution in [3.05, 3.63) is 70.4 Å². The number of rotatable bonds is 6. The molecule has 0 spiro atoms. The number of halogens is 1. The Balaban J connectivity index is 1.57. The number of carbonyl (C=O) groups excluding carboxylic acids is 1. The van der Waals surface area contributed by atoms with E-state index >= 15 is 0 Å². The van der Waals surface area contributed by atoms with Gasteiger partial charge >= 0.3 is 0 Å². The summed E-state index contributed by atoms with van der Waals surface area (Å²) < 4.78 is 12.9. The van der Waals surface area contributed by atoms with E-state index in [4.69, 9.17) is 20.8 Å². The summed E-state index contributed by atoms with van der Waals surface area (Å²) in [5.74, 6) is 1.11. The highest BCUT2D eigenvalue weighted by atomic mass is 35.5. The molecule has 0 aliphatic heterocycles. The van der Waals surface area contributed by atoms with Gasteiger partial charge in [-0.25, -0.2) is 0 Å². The van der Waals surface area contributed by atoms with Gasteiger partial charge in [-0.1, -0.05) is 23.7 Å². The first-order valence-electron chi connectivity index (χ1n) is 7.75. The van der Waals surface area contributed by atoms with Crippen molar-refractivity contribution in [2.45, 2.75) is 20.1 Å². The normalized spacial score (nSPS) is 10.7. The molecule has 2 heterocycles. The second kappa shape index (κ2) is 7.44. The lowest BCUT2D eigenvalue weighted by molar-refractivity contribution is 0.0919. The number of carbonyl (C=O) groups is 1. The highest BCUT2D eigenvalue weighted by Gasteiger charge is 2.12. The summed E-state index contributed by atoms with van der Waals surface area (Å²) in [6.45, 7) is 2.50. The fourth-order valence-corrected chi connectivity index (χ4v) is 2.63. The van der Waals surface area contributed by atoms with Gasteiger partial charge in [0.05, 0.1) is 11.2 Å². The molecule has 0 atom stereocenters. The van der Waals surface area contributed by atoms with Crippen LogP contribution >= 0.6 is 11.6 Å². The van der Waals surface area contributed by atoms with Crippen LogP contribution < -0.4 is 10.1 Å². The van der Waals surface area contributed by atoms with E-state index in [2.05, 4.69) is 10.4 Å². The van der Waals surface area contributed by atoms with Gasteiger partial charge in [-0.2, -0.15) is 5.10 Å². The molecule has 2 aromatic heterocycles. The van der Waals surface area contributed by atoms with Gasteiger partial charge < -0.3 is 14.5 Å². The zero-order valence-electron chi connectivity index (χ0n) is 14.0. The van der Waals surface area contributed by atoms with Crippen molar-refractivity contribution in [3.8, 4) is 5.75 Å². The Hall–Kier alpha value is -2.73. The minimum atomic E-state index is -0.288. The Kier molecular flexibility index (Phi) is 5.09. The van der Waals surface area contributed by atoms with E-state index in [1.807, 2.05) is 32.3 Å². The maximum atomic E-state index is 12.1. The number of hydrogen-bond donors (Lipinski definition) is 1. The second-order valence-corrected chi connectivity index (χ2v) is 6.05. The molecule has 0 saturated heterocycles. The van der Waals surface area contributed by atoms with Gasteiger partial charge in [0.1, 0.15) is 18.1 Å². The van der Waals surface area contributed by atoms with Crippen LogP contribution in [0.2, 0.25) is 5.02 Å². The number of amides is 1. The molecule has 0 aliphatic carbocycles. The minimum Gasteiger partial charge on any atom is -0.484 e. The molecule has 7 heteroatoms. The Morgan fingerprint density at radius 2 is 2.20 bits per heavy atom. The molecule has 0 radical (unpaired) electrons. The first-order chi connectivity index (χ1) is 12.0. The average Bonchev–Trinajstić information content (AvgIpc) is 3.21. The van der Waals surface area contributed by atoms with Crippen LogP contribution in [0, 0.1) is 6.92 Å². The van der Waals surface area contributed by atoms with Crippen LogP contribution in [-0.2, 0) is 20.2 Å². The third-order valence-electron chi connectivity index (χ3n) is 3.62. The molecule has 130 valence electrons. The van der Waals surface area contributed by atoms with Crippen LogP contribution in [0.15, 0.2) is 47.1 Å². The van der Waals surface area contributed by atoms with E-state index in [0.29, 0.717) is 23.1 Å². The van der Waals surface area contributed by atoms with Crippen LogP contribution in [0.1, 0.15) is 27.4 Å². The van der Waals surface area contributed by atoms with Crippen molar-refractivity contribution in [2.24, 2.45) is 7.05 Å². The molecule has 25 heavy (non-hydrogen) atoms. The molecule has 0 fully saturated rings. The van der Waals surface area contributed by atoms with E-state index in [1.165, 1.54) is 0 Å². The Labute approximate surface area is 150 Å². The van der Waals surface area contributed by atoms with E-state index in [-0.39, 0.29) is 18.3 Å². The number of nitrogens with one attached hydrogen (secondary N) is 1. The van der Waals surface area contributed by atoms with Gasteiger partial charge in [-0.15, -0.1) is 0 Å². The van der Waals surface area contributed by atoms with Crippen molar-refractivity contribution < 1.29 is 13.9 Å². The Bertz CT molecular complexity index is 865. The number of ether oxygens (including phenoxy) is 1.